The van der Waals surface area contributed by atoms with Crippen LogP contribution in [0.4, 0.5) is 0 Å². The number of carbonyl (C=O) groups excluding carboxylic acids is 1. The van der Waals surface area contributed by atoms with Crippen molar-refractivity contribution < 1.29 is 25.2 Å². The van der Waals surface area contributed by atoms with Gasteiger partial charge in [0.2, 0.25) is 0 Å². The van der Waals surface area contributed by atoms with Gasteiger partial charge in [0.15, 0.2) is 5.78 Å². The normalized spacial score (nSPS) is 13.2. The number of phenolic OH excluding ortho intramolecular Hbond substituents is 3. The molecule has 0 spiro atoms. The number of aliphatic hydroxyl groups excluding tert-OH is 1. The fraction of sp³-hybridized carbons (Fsp3) is 0.423. The molecule has 1 aromatic carbocycles. The Bertz CT molecular complexity index is 751. The van der Waals surface area contributed by atoms with Crippen LogP contribution in [0.1, 0.15) is 75.1 Å². The average Bonchev–Trinajstić information content (AvgIpc) is 2.70. The maximum atomic E-state index is 12.1. The van der Waals surface area contributed by atoms with Gasteiger partial charge in [0.1, 0.15) is 22.8 Å². The van der Waals surface area contributed by atoms with E-state index in [0.717, 1.165) is 57.1 Å². The standard InChI is InChI=1S/C26H36O5/c1-2-16-21(27)17-14-12-10-8-6-4-3-5-7-9-11-13-15-18-23(29)26-24(30)19-22(28)20-25(26)31/h3,5-6,8-9,11-12,14,19-21,27-28,30-31H,2,4,7,10,13,15-18H2,1H3/b5-3-,8-6-,11-9-,14-12-. The van der Waals surface area contributed by atoms with Gasteiger partial charge in [-0.3, -0.25) is 4.79 Å². The molecule has 0 heterocycles. The van der Waals surface area contributed by atoms with Gasteiger partial charge < -0.3 is 20.4 Å². The van der Waals surface area contributed by atoms with Gasteiger partial charge >= 0.3 is 0 Å². The zero-order chi connectivity index (χ0) is 22.9. The molecular weight excluding hydrogens is 392 g/mol. The Morgan fingerprint density at radius 2 is 1.39 bits per heavy atom. The summed E-state index contributed by atoms with van der Waals surface area (Å²) in [6.07, 6.45) is 23.1. The van der Waals surface area contributed by atoms with Crippen molar-refractivity contribution in [2.75, 3.05) is 0 Å². The van der Waals surface area contributed by atoms with Crippen molar-refractivity contribution in [2.24, 2.45) is 0 Å². The molecule has 1 atom stereocenters. The third kappa shape index (κ3) is 11.8. The highest BCUT2D eigenvalue weighted by Gasteiger charge is 2.16. The first-order chi connectivity index (χ1) is 15.0. The number of hydrogen-bond donors (Lipinski definition) is 4. The smallest absolute Gasteiger partial charge is 0.170 e. The summed E-state index contributed by atoms with van der Waals surface area (Å²) in [4.78, 5) is 12.1. The number of benzene rings is 1. The van der Waals surface area contributed by atoms with Crippen molar-refractivity contribution in [2.45, 2.75) is 70.8 Å². The molecule has 0 aliphatic heterocycles. The number of aromatic hydroxyl groups is 3. The van der Waals surface area contributed by atoms with E-state index in [2.05, 4.69) is 37.3 Å². The van der Waals surface area contributed by atoms with Gasteiger partial charge in [-0.05, 0) is 44.9 Å². The molecule has 0 amide bonds. The number of allylic oxidation sites excluding steroid dienone is 7. The number of carbonyl (C=O) groups is 1. The molecule has 1 rings (SSSR count). The van der Waals surface area contributed by atoms with Crippen LogP contribution in [0.3, 0.4) is 0 Å². The topological polar surface area (TPSA) is 98.0 Å². The van der Waals surface area contributed by atoms with Gasteiger partial charge in [0, 0.05) is 18.6 Å². The van der Waals surface area contributed by atoms with Crippen LogP contribution in [0, 0.1) is 0 Å². The quantitative estimate of drug-likeness (QED) is 0.154. The van der Waals surface area contributed by atoms with E-state index in [1.807, 2.05) is 18.2 Å². The van der Waals surface area contributed by atoms with Gasteiger partial charge in [0.25, 0.3) is 0 Å². The van der Waals surface area contributed by atoms with E-state index in [0.29, 0.717) is 6.42 Å². The number of hydrogen-bond acceptors (Lipinski definition) is 5. The Balaban J connectivity index is 2.13. The van der Waals surface area contributed by atoms with Crippen LogP contribution in [0.15, 0.2) is 60.7 Å². The highest BCUT2D eigenvalue weighted by Crippen LogP contribution is 2.33. The first-order valence-electron chi connectivity index (χ1n) is 11.0. The molecule has 1 unspecified atom stereocenters. The summed E-state index contributed by atoms with van der Waals surface area (Å²) in [6.45, 7) is 2.07. The highest BCUT2D eigenvalue weighted by molar-refractivity contribution is 6.01. The van der Waals surface area contributed by atoms with Crippen molar-refractivity contribution in [1.29, 1.82) is 0 Å². The molecule has 0 fully saturated rings. The molecule has 31 heavy (non-hydrogen) atoms. The van der Waals surface area contributed by atoms with Crippen LogP contribution in [-0.4, -0.2) is 32.3 Å². The van der Waals surface area contributed by atoms with E-state index in [1.54, 1.807) is 0 Å². The number of phenols is 3. The van der Waals surface area contributed by atoms with Crippen LogP contribution < -0.4 is 0 Å². The second kappa shape index (κ2) is 16.0. The second-order valence-electron chi connectivity index (χ2n) is 7.45. The highest BCUT2D eigenvalue weighted by atomic mass is 16.3. The minimum atomic E-state index is -0.404. The Morgan fingerprint density at radius 3 is 1.94 bits per heavy atom. The third-order valence-electron chi connectivity index (χ3n) is 4.65. The van der Waals surface area contributed by atoms with Crippen molar-refractivity contribution in [3.63, 3.8) is 0 Å². The molecule has 0 bridgehead atoms. The molecule has 0 aromatic heterocycles. The number of rotatable bonds is 15. The first-order valence-corrected chi connectivity index (χ1v) is 11.0. The Kier molecular flexibility index (Phi) is 13.5. The molecule has 5 nitrogen and oxygen atoms in total. The fourth-order valence-electron chi connectivity index (χ4n) is 3.02. The molecule has 0 radical (unpaired) electrons. The summed E-state index contributed by atoms with van der Waals surface area (Å²) in [5, 5.41) is 38.3. The van der Waals surface area contributed by atoms with Gasteiger partial charge in [-0.1, -0.05) is 62.0 Å². The zero-order valence-electron chi connectivity index (χ0n) is 18.4. The van der Waals surface area contributed by atoms with E-state index in [9.17, 15) is 25.2 Å². The summed E-state index contributed by atoms with van der Waals surface area (Å²) in [5.74, 6) is -1.44. The lowest BCUT2D eigenvalue weighted by atomic mass is 10.0. The molecular formula is C26H36O5. The van der Waals surface area contributed by atoms with Gasteiger partial charge in [0.05, 0.1) is 6.10 Å². The largest absolute Gasteiger partial charge is 0.508 e. The van der Waals surface area contributed by atoms with Crippen molar-refractivity contribution >= 4 is 5.78 Å². The van der Waals surface area contributed by atoms with Crippen LogP contribution >= 0.6 is 0 Å². The predicted octanol–water partition coefficient (Wildman–Crippen LogP) is 6.10. The minimum absolute atomic E-state index is 0.137. The Labute approximate surface area is 185 Å². The molecule has 0 saturated heterocycles. The van der Waals surface area contributed by atoms with E-state index in [1.165, 1.54) is 0 Å². The monoisotopic (exact) mass is 428 g/mol. The van der Waals surface area contributed by atoms with Gasteiger partial charge in [-0.15, -0.1) is 0 Å². The first kappa shape index (κ1) is 26.2. The van der Waals surface area contributed by atoms with Crippen molar-refractivity contribution in [1.82, 2.24) is 0 Å². The van der Waals surface area contributed by atoms with E-state index in [-0.39, 0.29) is 29.6 Å². The van der Waals surface area contributed by atoms with E-state index < -0.39 is 11.5 Å². The lowest BCUT2D eigenvalue weighted by Gasteiger charge is -2.06. The summed E-state index contributed by atoms with van der Waals surface area (Å²) in [6, 6.07) is 2.09. The number of ketones is 1. The number of Topliss-reactive ketones (excluding diaryl/α,β-unsaturated/α-hetero) is 1. The zero-order valence-corrected chi connectivity index (χ0v) is 18.4. The minimum Gasteiger partial charge on any atom is -0.508 e. The Hall–Kier alpha value is -2.79. The van der Waals surface area contributed by atoms with Gasteiger partial charge in [-0.2, -0.15) is 0 Å². The average molecular weight is 429 g/mol. The van der Waals surface area contributed by atoms with Crippen LogP contribution in [0.25, 0.3) is 0 Å². The molecule has 4 N–H and O–H groups in total. The molecule has 170 valence electrons. The third-order valence-corrected chi connectivity index (χ3v) is 4.65. The van der Waals surface area contributed by atoms with Crippen LogP contribution in [0.2, 0.25) is 0 Å². The van der Waals surface area contributed by atoms with Crippen LogP contribution in [0.5, 0.6) is 17.2 Å². The molecule has 5 heteroatoms. The molecule has 0 saturated carbocycles. The lowest BCUT2D eigenvalue weighted by Crippen LogP contribution is -2.02. The SMILES string of the molecule is CCCC(O)C/C=C\C/C=C\C/C=C\C/C=C\CCCC(=O)c1c(O)cc(O)cc1O. The van der Waals surface area contributed by atoms with Crippen LogP contribution in [-0.2, 0) is 0 Å². The van der Waals surface area contributed by atoms with Crippen molar-refractivity contribution in [3.05, 3.63) is 66.3 Å². The molecule has 0 aliphatic carbocycles. The van der Waals surface area contributed by atoms with Gasteiger partial charge in [-0.25, -0.2) is 0 Å². The fourth-order valence-corrected chi connectivity index (χ4v) is 3.02. The molecule has 0 aliphatic rings. The maximum Gasteiger partial charge on any atom is 0.170 e. The predicted molar refractivity (Wildman–Crippen MR) is 126 cm³/mol. The summed E-state index contributed by atoms with van der Waals surface area (Å²) in [7, 11) is 0. The summed E-state index contributed by atoms with van der Waals surface area (Å²) >= 11 is 0. The molecule has 1 aromatic rings. The lowest BCUT2D eigenvalue weighted by molar-refractivity contribution is 0.0975. The summed E-state index contributed by atoms with van der Waals surface area (Å²) < 4.78 is 0. The van der Waals surface area contributed by atoms with E-state index in [4.69, 9.17) is 0 Å². The summed E-state index contributed by atoms with van der Waals surface area (Å²) in [5.41, 5.74) is -0.137. The Morgan fingerprint density at radius 1 is 0.871 bits per heavy atom. The van der Waals surface area contributed by atoms with Crippen molar-refractivity contribution in [3.8, 4) is 17.2 Å². The van der Waals surface area contributed by atoms with E-state index >= 15 is 0 Å². The number of aliphatic hydroxyl groups is 1. The maximum absolute atomic E-state index is 12.1. The second-order valence-corrected chi connectivity index (χ2v) is 7.45. The number of unbranched alkanes of at least 4 members (excludes halogenated alkanes) is 1.